The Hall–Kier alpha value is -5.98. The third-order valence-electron chi connectivity index (χ3n) is 7.31. The first-order chi connectivity index (χ1) is 21.7. The molecule has 0 bridgehead atoms. The predicted molar refractivity (Wildman–Crippen MR) is 163 cm³/mol. The molecule has 1 fully saturated rings. The van der Waals surface area contributed by atoms with E-state index in [2.05, 4.69) is 15.6 Å². The van der Waals surface area contributed by atoms with E-state index in [0.29, 0.717) is 35.2 Å². The highest BCUT2D eigenvalue weighted by Gasteiger charge is 2.30. The highest BCUT2D eigenvalue weighted by molar-refractivity contribution is 6.45. The van der Waals surface area contributed by atoms with Gasteiger partial charge in [-0.05, 0) is 36.4 Å². The number of methoxy groups -OCH3 is 2. The number of ether oxygens (including phenoxy) is 2. The second kappa shape index (κ2) is 13.1. The van der Waals surface area contributed by atoms with Gasteiger partial charge in [-0.25, -0.2) is 14.4 Å². The molecule has 1 aromatic heterocycles. The second-order valence-corrected chi connectivity index (χ2v) is 10.1. The first kappa shape index (κ1) is 30.5. The molecule has 3 N–H and O–H groups in total. The van der Waals surface area contributed by atoms with E-state index in [1.807, 2.05) is 6.07 Å². The Morgan fingerprint density at radius 2 is 1.33 bits per heavy atom. The van der Waals surface area contributed by atoms with Crippen molar-refractivity contribution in [1.82, 2.24) is 14.8 Å². The number of ketones is 1. The monoisotopic (exact) mass is 611 g/mol. The fourth-order valence-electron chi connectivity index (χ4n) is 5.04. The number of carbonyl (C=O) groups excluding carboxylic acids is 6. The van der Waals surface area contributed by atoms with E-state index in [-0.39, 0.29) is 41.4 Å². The first-order valence-corrected chi connectivity index (χ1v) is 13.9. The highest BCUT2D eigenvalue weighted by atomic mass is 16.5. The number of piperazine rings is 1. The molecule has 13 nitrogen and oxygen atoms in total. The lowest BCUT2D eigenvalue weighted by Gasteiger charge is -2.34. The molecule has 0 atom stereocenters. The molecule has 0 saturated carbocycles. The van der Waals surface area contributed by atoms with Crippen LogP contribution >= 0.6 is 0 Å². The average molecular weight is 612 g/mol. The van der Waals surface area contributed by atoms with Gasteiger partial charge in [-0.3, -0.25) is 14.4 Å². The second-order valence-electron chi connectivity index (χ2n) is 10.1. The summed E-state index contributed by atoms with van der Waals surface area (Å²) in [6.45, 7) is 1.03. The Bertz CT molecular complexity index is 1770. The molecule has 2 heterocycles. The zero-order valence-corrected chi connectivity index (χ0v) is 24.4. The summed E-state index contributed by atoms with van der Waals surface area (Å²) in [6, 6.07) is 17.0. The number of nitrogens with one attached hydrogen (secondary N) is 3. The quantitative estimate of drug-likeness (QED) is 0.162. The Morgan fingerprint density at radius 1 is 0.711 bits per heavy atom. The number of H-pyrrole nitrogens is 1. The van der Waals surface area contributed by atoms with Crippen LogP contribution in [0.4, 0.5) is 16.2 Å². The number of carbonyl (C=O) groups is 6. The van der Waals surface area contributed by atoms with Crippen LogP contribution in [0.15, 0.2) is 72.9 Å². The molecule has 1 aliphatic heterocycles. The topological polar surface area (TPSA) is 167 Å². The molecular weight excluding hydrogens is 582 g/mol. The number of rotatable bonds is 7. The van der Waals surface area contributed by atoms with Gasteiger partial charge in [0.25, 0.3) is 17.6 Å². The number of hydrogen-bond acceptors (Lipinski definition) is 8. The Labute approximate surface area is 257 Å². The van der Waals surface area contributed by atoms with Crippen LogP contribution in [0.25, 0.3) is 10.9 Å². The van der Waals surface area contributed by atoms with Gasteiger partial charge in [0.05, 0.1) is 42.1 Å². The largest absolute Gasteiger partial charge is 0.465 e. The number of esters is 2. The van der Waals surface area contributed by atoms with Crippen molar-refractivity contribution in [3.05, 3.63) is 95.2 Å². The minimum absolute atomic E-state index is 0.0270. The van der Waals surface area contributed by atoms with Gasteiger partial charge in [-0.15, -0.1) is 0 Å². The Balaban J connectivity index is 1.27. The summed E-state index contributed by atoms with van der Waals surface area (Å²) in [6.07, 6.45) is 1.41. The molecule has 4 aromatic rings. The minimum Gasteiger partial charge on any atom is -0.465 e. The Kier molecular flexibility index (Phi) is 8.89. The van der Waals surface area contributed by atoms with Crippen molar-refractivity contribution in [3.8, 4) is 0 Å². The van der Waals surface area contributed by atoms with E-state index < -0.39 is 29.7 Å². The molecule has 0 unspecified atom stereocenters. The number of aromatic nitrogens is 1. The van der Waals surface area contributed by atoms with Crippen molar-refractivity contribution < 1.29 is 38.2 Å². The van der Waals surface area contributed by atoms with Gasteiger partial charge in [0.2, 0.25) is 0 Å². The lowest BCUT2D eigenvalue weighted by atomic mass is 10.1. The van der Waals surface area contributed by atoms with Crippen LogP contribution in [0.5, 0.6) is 0 Å². The van der Waals surface area contributed by atoms with Crippen LogP contribution in [0.3, 0.4) is 0 Å². The fraction of sp³-hybridized carbons (Fsp3) is 0.188. The number of urea groups is 1. The van der Waals surface area contributed by atoms with Crippen molar-refractivity contribution in [2.24, 2.45) is 0 Å². The van der Waals surface area contributed by atoms with Crippen molar-refractivity contribution in [2.75, 3.05) is 51.0 Å². The standard InChI is InChI=1S/C32H29N5O8/c1-44-30(41)20-15-21(31(42)45-2)17-22(16-20)34-32(43)35-25-10-6-9-23-24(18-33-26(23)25)27(38)29(40)37-13-11-36(12-14-37)28(39)19-7-4-3-5-8-19/h3-10,15-18,33H,11-14H2,1-2H3,(H2,34,35,43). The number of nitrogens with zero attached hydrogens (tertiary/aromatic N) is 2. The Morgan fingerprint density at radius 3 is 1.96 bits per heavy atom. The maximum absolute atomic E-state index is 13.3. The van der Waals surface area contributed by atoms with Gasteiger partial charge >= 0.3 is 18.0 Å². The van der Waals surface area contributed by atoms with Crippen molar-refractivity contribution in [3.63, 3.8) is 0 Å². The molecule has 1 saturated heterocycles. The van der Waals surface area contributed by atoms with Crippen molar-refractivity contribution in [2.45, 2.75) is 0 Å². The molecule has 230 valence electrons. The maximum Gasteiger partial charge on any atom is 0.337 e. The number of fused-ring (bicyclic) bond motifs is 1. The zero-order chi connectivity index (χ0) is 32.1. The van der Waals surface area contributed by atoms with Gasteiger partial charge in [-0.2, -0.15) is 0 Å². The summed E-state index contributed by atoms with van der Waals surface area (Å²) in [5, 5.41) is 5.67. The van der Waals surface area contributed by atoms with Crippen LogP contribution < -0.4 is 10.6 Å². The van der Waals surface area contributed by atoms with E-state index in [4.69, 9.17) is 9.47 Å². The number of para-hydroxylation sites is 1. The van der Waals surface area contributed by atoms with Crippen molar-refractivity contribution in [1.29, 1.82) is 0 Å². The molecule has 0 aliphatic carbocycles. The molecule has 0 spiro atoms. The normalized spacial score (nSPS) is 12.8. The first-order valence-electron chi connectivity index (χ1n) is 13.9. The van der Waals surface area contributed by atoms with Crippen LogP contribution in [0.1, 0.15) is 41.4 Å². The van der Waals surface area contributed by atoms with Crippen LogP contribution in [0.2, 0.25) is 0 Å². The average Bonchev–Trinajstić information content (AvgIpc) is 3.52. The molecule has 13 heteroatoms. The summed E-state index contributed by atoms with van der Waals surface area (Å²) in [5.74, 6) is -2.97. The van der Waals surface area contributed by atoms with Crippen LogP contribution in [-0.2, 0) is 14.3 Å². The van der Waals surface area contributed by atoms with Crippen molar-refractivity contribution >= 4 is 57.8 Å². The van der Waals surface area contributed by atoms with E-state index in [1.165, 1.54) is 43.5 Å². The van der Waals surface area contributed by atoms with Gasteiger partial charge in [-0.1, -0.05) is 30.3 Å². The van der Waals surface area contributed by atoms with E-state index >= 15 is 0 Å². The van der Waals surface area contributed by atoms with Crippen LogP contribution in [0, 0.1) is 0 Å². The van der Waals surface area contributed by atoms with E-state index in [9.17, 15) is 28.8 Å². The molecular formula is C32H29N5O8. The summed E-state index contributed by atoms with van der Waals surface area (Å²) in [4.78, 5) is 82.3. The van der Waals surface area contributed by atoms with Gasteiger partial charge in [0.15, 0.2) is 0 Å². The smallest absolute Gasteiger partial charge is 0.337 e. The molecule has 4 amide bonds. The summed E-state index contributed by atoms with van der Waals surface area (Å²) < 4.78 is 9.45. The lowest BCUT2D eigenvalue weighted by molar-refractivity contribution is -0.127. The predicted octanol–water partition coefficient (Wildman–Crippen LogP) is 3.55. The van der Waals surface area contributed by atoms with E-state index in [0.717, 1.165) is 0 Å². The number of hydrogen-bond donors (Lipinski definition) is 3. The zero-order valence-electron chi connectivity index (χ0n) is 24.4. The van der Waals surface area contributed by atoms with Gasteiger partial charge in [0, 0.05) is 49.0 Å². The van der Waals surface area contributed by atoms with Gasteiger partial charge in [0.1, 0.15) is 0 Å². The molecule has 45 heavy (non-hydrogen) atoms. The molecule has 1 aliphatic rings. The molecule has 3 aromatic carbocycles. The number of Topliss-reactive ketones (excluding diaryl/α,β-unsaturated/α-hetero) is 1. The van der Waals surface area contributed by atoms with Crippen LogP contribution in [-0.4, -0.2) is 90.7 Å². The van der Waals surface area contributed by atoms with E-state index in [1.54, 1.807) is 47.4 Å². The van der Waals surface area contributed by atoms with Gasteiger partial charge < -0.3 is 34.9 Å². The maximum atomic E-state index is 13.3. The molecule has 5 rings (SSSR count). The number of aromatic amines is 1. The number of amides is 4. The SMILES string of the molecule is COC(=O)c1cc(NC(=O)Nc2cccc3c(C(=O)C(=O)N4CCN(C(=O)c5ccccc5)CC4)c[nH]c23)cc(C(=O)OC)c1. The highest BCUT2D eigenvalue weighted by Crippen LogP contribution is 2.27. The third kappa shape index (κ3) is 6.51. The third-order valence-corrected chi connectivity index (χ3v) is 7.31. The number of benzene rings is 3. The summed E-state index contributed by atoms with van der Waals surface area (Å²) >= 11 is 0. The molecule has 0 radical (unpaired) electrons. The lowest BCUT2D eigenvalue weighted by Crippen LogP contribution is -2.52. The minimum atomic E-state index is -0.722. The number of anilines is 2. The fourth-order valence-corrected chi connectivity index (χ4v) is 5.04. The summed E-state index contributed by atoms with van der Waals surface area (Å²) in [5.41, 5.74) is 1.59. The summed E-state index contributed by atoms with van der Waals surface area (Å²) in [7, 11) is 2.37.